The van der Waals surface area contributed by atoms with Crippen molar-refractivity contribution < 1.29 is 4.74 Å². The number of nitrogen functional groups attached to an aromatic ring is 1. The number of aromatic nitrogens is 2. The van der Waals surface area contributed by atoms with Gasteiger partial charge in [-0.3, -0.25) is 0 Å². The van der Waals surface area contributed by atoms with Gasteiger partial charge in [0.05, 0.1) is 18.0 Å². The van der Waals surface area contributed by atoms with Crippen LogP contribution in [-0.4, -0.2) is 36.1 Å². The molecule has 5 nitrogen and oxygen atoms in total. The van der Waals surface area contributed by atoms with Crippen LogP contribution in [0.3, 0.4) is 0 Å². The SMILES string of the molecule is CCCn1nc(C)c(N)c1N(CCOC)C(CC)CC. The van der Waals surface area contributed by atoms with Crippen molar-refractivity contribution in [2.45, 2.75) is 59.5 Å². The maximum Gasteiger partial charge on any atom is 0.150 e. The van der Waals surface area contributed by atoms with Gasteiger partial charge in [-0.15, -0.1) is 0 Å². The Morgan fingerprint density at radius 3 is 2.45 bits per heavy atom. The second-order valence-corrected chi connectivity index (χ2v) is 5.20. The minimum absolute atomic E-state index is 0.471. The molecule has 0 amide bonds. The Morgan fingerprint density at radius 1 is 1.30 bits per heavy atom. The minimum Gasteiger partial charge on any atom is -0.394 e. The topological polar surface area (TPSA) is 56.3 Å². The Hall–Kier alpha value is -1.23. The van der Waals surface area contributed by atoms with Gasteiger partial charge in [-0.2, -0.15) is 5.10 Å². The van der Waals surface area contributed by atoms with Crippen molar-refractivity contribution in [3.05, 3.63) is 5.69 Å². The fourth-order valence-corrected chi connectivity index (χ4v) is 2.63. The van der Waals surface area contributed by atoms with Gasteiger partial charge in [0.25, 0.3) is 0 Å². The highest BCUT2D eigenvalue weighted by molar-refractivity contribution is 5.66. The number of hydrogen-bond donors (Lipinski definition) is 1. The lowest BCUT2D eigenvalue weighted by atomic mass is 10.1. The van der Waals surface area contributed by atoms with Gasteiger partial charge in [-0.25, -0.2) is 4.68 Å². The third-order valence-corrected chi connectivity index (χ3v) is 3.77. The molecule has 2 N–H and O–H groups in total. The van der Waals surface area contributed by atoms with Crippen molar-refractivity contribution in [3.8, 4) is 0 Å². The van der Waals surface area contributed by atoms with Crippen molar-refractivity contribution >= 4 is 11.5 Å². The maximum atomic E-state index is 6.29. The Balaban J connectivity index is 3.16. The molecule has 0 aromatic carbocycles. The molecule has 0 spiro atoms. The molecule has 0 saturated heterocycles. The van der Waals surface area contributed by atoms with Crippen LogP contribution in [0, 0.1) is 6.92 Å². The highest BCUT2D eigenvalue weighted by Gasteiger charge is 2.23. The molecule has 0 atom stereocenters. The van der Waals surface area contributed by atoms with Crippen LogP contribution in [0.5, 0.6) is 0 Å². The van der Waals surface area contributed by atoms with Gasteiger partial charge >= 0.3 is 0 Å². The van der Waals surface area contributed by atoms with E-state index in [0.717, 1.165) is 49.6 Å². The molecule has 0 aliphatic rings. The number of methoxy groups -OCH3 is 1. The molecule has 0 saturated carbocycles. The predicted molar refractivity (Wildman–Crippen MR) is 85.3 cm³/mol. The lowest BCUT2D eigenvalue weighted by Crippen LogP contribution is -2.39. The van der Waals surface area contributed by atoms with Crippen molar-refractivity contribution in [2.24, 2.45) is 0 Å². The molecule has 5 heteroatoms. The summed E-state index contributed by atoms with van der Waals surface area (Å²) in [5.74, 6) is 1.06. The van der Waals surface area contributed by atoms with Crippen molar-refractivity contribution in [3.63, 3.8) is 0 Å². The van der Waals surface area contributed by atoms with E-state index in [0.29, 0.717) is 12.6 Å². The molecule has 0 unspecified atom stereocenters. The molecule has 0 bridgehead atoms. The zero-order valence-electron chi connectivity index (χ0n) is 13.6. The second kappa shape index (κ2) is 8.15. The highest BCUT2D eigenvalue weighted by Crippen LogP contribution is 2.29. The van der Waals surface area contributed by atoms with Gasteiger partial charge in [0.1, 0.15) is 0 Å². The first kappa shape index (κ1) is 16.8. The minimum atomic E-state index is 0.471. The van der Waals surface area contributed by atoms with Crippen molar-refractivity contribution in [1.82, 2.24) is 9.78 Å². The molecule has 0 radical (unpaired) electrons. The maximum absolute atomic E-state index is 6.29. The van der Waals surface area contributed by atoms with Crippen molar-refractivity contribution in [2.75, 3.05) is 30.9 Å². The molecule has 0 aliphatic heterocycles. The Kier molecular flexibility index (Phi) is 6.85. The highest BCUT2D eigenvalue weighted by atomic mass is 16.5. The van der Waals surface area contributed by atoms with Gasteiger partial charge in [0.2, 0.25) is 0 Å². The smallest absolute Gasteiger partial charge is 0.150 e. The van der Waals surface area contributed by atoms with Crippen LogP contribution in [0.25, 0.3) is 0 Å². The molecule has 0 fully saturated rings. The van der Waals surface area contributed by atoms with Crippen LogP contribution in [0.15, 0.2) is 0 Å². The number of rotatable bonds is 9. The first-order chi connectivity index (χ1) is 9.60. The van der Waals surface area contributed by atoms with E-state index in [9.17, 15) is 0 Å². The van der Waals surface area contributed by atoms with Crippen LogP contribution in [0.4, 0.5) is 11.5 Å². The number of ether oxygens (including phenoxy) is 1. The van der Waals surface area contributed by atoms with Gasteiger partial charge in [-0.05, 0) is 26.2 Å². The molecular weight excluding hydrogens is 252 g/mol. The number of hydrogen-bond acceptors (Lipinski definition) is 4. The quantitative estimate of drug-likeness (QED) is 0.756. The fourth-order valence-electron chi connectivity index (χ4n) is 2.63. The van der Waals surface area contributed by atoms with E-state index in [2.05, 4.69) is 35.5 Å². The summed E-state index contributed by atoms with van der Waals surface area (Å²) in [5, 5.41) is 4.59. The summed E-state index contributed by atoms with van der Waals surface area (Å²) < 4.78 is 7.32. The second-order valence-electron chi connectivity index (χ2n) is 5.20. The molecule has 1 aromatic rings. The van der Waals surface area contributed by atoms with E-state index in [1.165, 1.54) is 0 Å². The molecule has 1 heterocycles. The number of nitrogens with zero attached hydrogens (tertiary/aromatic N) is 3. The summed E-state index contributed by atoms with van der Waals surface area (Å²) in [7, 11) is 1.74. The van der Waals surface area contributed by atoms with Gasteiger partial charge in [0.15, 0.2) is 5.82 Å². The molecule has 0 aliphatic carbocycles. The fraction of sp³-hybridized carbons (Fsp3) is 0.800. The van der Waals surface area contributed by atoms with E-state index in [-0.39, 0.29) is 0 Å². The van der Waals surface area contributed by atoms with E-state index in [4.69, 9.17) is 10.5 Å². The zero-order valence-corrected chi connectivity index (χ0v) is 13.6. The van der Waals surface area contributed by atoms with E-state index in [1.807, 2.05) is 6.92 Å². The van der Waals surface area contributed by atoms with Gasteiger partial charge < -0.3 is 15.4 Å². The van der Waals surface area contributed by atoms with Crippen LogP contribution in [0.2, 0.25) is 0 Å². The lowest BCUT2D eigenvalue weighted by molar-refractivity contribution is 0.202. The Morgan fingerprint density at radius 2 is 1.95 bits per heavy atom. The molecule has 116 valence electrons. The van der Waals surface area contributed by atoms with Crippen LogP contribution < -0.4 is 10.6 Å². The lowest BCUT2D eigenvalue weighted by Gasteiger charge is -2.33. The number of anilines is 2. The monoisotopic (exact) mass is 282 g/mol. The van der Waals surface area contributed by atoms with Crippen LogP contribution in [-0.2, 0) is 11.3 Å². The number of aryl methyl sites for hydroxylation is 2. The van der Waals surface area contributed by atoms with E-state index in [1.54, 1.807) is 7.11 Å². The number of nitrogens with two attached hydrogens (primary N) is 1. The molecule has 20 heavy (non-hydrogen) atoms. The molecule has 1 aromatic heterocycles. The summed E-state index contributed by atoms with van der Waals surface area (Å²) in [4.78, 5) is 2.37. The van der Waals surface area contributed by atoms with E-state index < -0.39 is 0 Å². The summed E-state index contributed by atoms with van der Waals surface area (Å²) in [6, 6.07) is 0.471. The van der Waals surface area contributed by atoms with Crippen LogP contribution >= 0.6 is 0 Å². The largest absolute Gasteiger partial charge is 0.394 e. The van der Waals surface area contributed by atoms with Gasteiger partial charge in [0, 0.05) is 26.2 Å². The average Bonchev–Trinajstić information content (AvgIpc) is 2.71. The normalized spacial score (nSPS) is 11.3. The summed E-state index contributed by atoms with van der Waals surface area (Å²) in [5.41, 5.74) is 8.01. The van der Waals surface area contributed by atoms with Crippen LogP contribution in [0.1, 0.15) is 45.7 Å². The first-order valence-corrected chi connectivity index (χ1v) is 7.68. The van der Waals surface area contributed by atoms with Gasteiger partial charge in [-0.1, -0.05) is 20.8 Å². The summed E-state index contributed by atoms with van der Waals surface area (Å²) >= 11 is 0. The van der Waals surface area contributed by atoms with E-state index >= 15 is 0 Å². The zero-order chi connectivity index (χ0) is 15.1. The average molecular weight is 282 g/mol. The van der Waals surface area contributed by atoms with Crippen molar-refractivity contribution in [1.29, 1.82) is 0 Å². The Bertz CT molecular complexity index is 399. The Labute approximate surface area is 123 Å². The first-order valence-electron chi connectivity index (χ1n) is 7.68. The third-order valence-electron chi connectivity index (χ3n) is 3.77. The standard InChI is InChI=1S/C15H30N4O/c1-6-9-19-15(14(16)12(4)17-19)18(10-11-20-5)13(7-2)8-3/h13H,6-11,16H2,1-5H3. The molecular formula is C15H30N4O. The predicted octanol–water partition coefficient (Wildman–Crippen LogP) is 2.83. The molecule has 1 rings (SSSR count). The summed E-state index contributed by atoms with van der Waals surface area (Å²) in [6.07, 6.45) is 3.24. The summed E-state index contributed by atoms with van der Waals surface area (Å²) in [6.45, 7) is 11.0. The third kappa shape index (κ3) is 3.66.